The highest BCUT2D eigenvalue weighted by atomic mass is 19.1. The number of quaternary nitrogens is 1. The summed E-state index contributed by atoms with van der Waals surface area (Å²) in [5, 5.41) is 3.07. The lowest BCUT2D eigenvalue weighted by molar-refractivity contribution is -0.913. The summed E-state index contributed by atoms with van der Waals surface area (Å²) in [6.45, 7) is 7.94. The smallest absolute Gasteiger partial charge is 0.282 e. The Kier molecular flexibility index (Phi) is 5.22. The predicted octanol–water partition coefficient (Wildman–Crippen LogP) is 3.79. The summed E-state index contributed by atoms with van der Waals surface area (Å²) in [5.41, 5.74) is 2.33. The number of rotatable bonds is 5. The van der Waals surface area contributed by atoms with Crippen molar-refractivity contribution < 1.29 is 13.7 Å². The van der Waals surface area contributed by atoms with Gasteiger partial charge in [0, 0.05) is 24.9 Å². The monoisotopic (exact) mass is 307 g/mol. The molecule has 4 heteroatoms. The van der Waals surface area contributed by atoms with Crippen LogP contribution in [0.4, 0.5) is 10.1 Å². The fraction of sp³-hybridized carbons (Fsp3) is 0.611. The van der Waals surface area contributed by atoms with Crippen LogP contribution in [0.3, 0.4) is 0 Å². The molecule has 1 aliphatic heterocycles. The van der Waals surface area contributed by atoms with Crippen LogP contribution in [0.15, 0.2) is 12.1 Å². The van der Waals surface area contributed by atoms with Crippen LogP contribution in [0.25, 0.3) is 0 Å². The van der Waals surface area contributed by atoms with Crippen molar-refractivity contribution in [3.8, 4) is 0 Å². The number of likely N-dealkylation sites (N-methyl/N-ethyl adjacent to an activating group) is 1. The number of aryl methyl sites for hydroxylation is 2. The van der Waals surface area contributed by atoms with Gasteiger partial charge in [0.15, 0.2) is 6.04 Å². The molecule has 2 rings (SSSR count). The molecule has 1 heterocycles. The first-order valence-corrected chi connectivity index (χ1v) is 8.29. The average Bonchev–Trinajstić information content (AvgIpc) is 2.87. The van der Waals surface area contributed by atoms with Crippen LogP contribution < -0.4 is 5.32 Å². The molecular weight excluding hydrogens is 279 g/mol. The van der Waals surface area contributed by atoms with Gasteiger partial charge in [0.25, 0.3) is 5.91 Å². The normalized spacial score (nSPS) is 18.2. The number of halogens is 1. The average molecular weight is 307 g/mol. The van der Waals surface area contributed by atoms with Crippen LogP contribution in [0.5, 0.6) is 0 Å². The van der Waals surface area contributed by atoms with Gasteiger partial charge in [-0.2, -0.15) is 0 Å². The number of carbonyl (C=O) groups is 1. The van der Waals surface area contributed by atoms with Crippen molar-refractivity contribution in [3.63, 3.8) is 0 Å². The molecule has 3 nitrogen and oxygen atoms in total. The molecule has 1 aromatic rings. The SMILES string of the molecule is CCCC(C(=O)Nc1c(C)cc(F)cc1C)[N+]1(C)CCCC1. The summed E-state index contributed by atoms with van der Waals surface area (Å²) in [4.78, 5) is 12.9. The molecule has 1 unspecified atom stereocenters. The molecule has 0 radical (unpaired) electrons. The Balaban J connectivity index is 2.22. The molecule has 122 valence electrons. The van der Waals surface area contributed by atoms with Crippen LogP contribution in [-0.2, 0) is 4.79 Å². The van der Waals surface area contributed by atoms with Gasteiger partial charge in [0.2, 0.25) is 0 Å². The first-order valence-electron chi connectivity index (χ1n) is 8.29. The second-order valence-corrected chi connectivity index (χ2v) is 6.84. The Bertz CT molecular complexity index is 527. The zero-order valence-electron chi connectivity index (χ0n) is 14.2. The molecule has 1 atom stereocenters. The fourth-order valence-electron chi connectivity index (χ4n) is 3.68. The Labute approximate surface area is 133 Å². The van der Waals surface area contributed by atoms with Crippen LogP contribution in [0.1, 0.15) is 43.7 Å². The molecule has 1 aliphatic rings. The highest BCUT2D eigenvalue weighted by molar-refractivity contribution is 5.95. The van der Waals surface area contributed by atoms with E-state index in [4.69, 9.17) is 0 Å². The van der Waals surface area contributed by atoms with Gasteiger partial charge in [0.05, 0.1) is 20.1 Å². The Hall–Kier alpha value is -1.42. The number of hydrogen-bond donors (Lipinski definition) is 1. The number of nitrogens with zero attached hydrogens (tertiary/aromatic N) is 1. The van der Waals surface area contributed by atoms with Crippen molar-refractivity contribution in [2.45, 2.75) is 52.5 Å². The molecule has 0 spiro atoms. The minimum atomic E-state index is -0.253. The maximum atomic E-state index is 13.4. The van der Waals surface area contributed by atoms with Crippen molar-refractivity contribution in [3.05, 3.63) is 29.1 Å². The number of amides is 1. The molecule has 0 aliphatic carbocycles. The highest BCUT2D eigenvalue weighted by Crippen LogP contribution is 2.27. The summed E-state index contributed by atoms with van der Waals surface area (Å²) in [5.74, 6) is -0.180. The molecule has 22 heavy (non-hydrogen) atoms. The summed E-state index contributed by atoms with van der Waals surface area (Å²) >= 11 is 0. The summed E-state index contributed by atoms with van der Waals surface area (Å²) in [6.07, 6.45) is 4.27. The van der Waals surface area contributed by atoms with Gasteiger partial charge in [-0.25, -0.2) is 4.39 Å². The number of benzene rings is 1. The second kappa shape index (κ2) is 6.78. The van der Waals surface area contributed by atoms with Gasteiger partial charge < -0.3 is 9.80 Å². The van der Waals surface area contributed by atoms with Crippen LogP contribution in [-0.4, -0.2) is 36.6 Å². The summed E-state index contributed by atoms with van der Waals surface area (Å²) in [6, 6.07) is 2.93. The van der Waals surface area contributed by atoms with Crippen molar-refractivity contribution in [1.29, 1.82) is 0 Å². The van der Waals surface area contributed by atoms with Gasteiger partial charge >= 0.3 is 0 Å². The second-order valence-electron chi connectivity index (χ2n) is 6.84. The molecule has 0 saturated carbocycles. The maximum Gasteiger partial charge on any atom is 0.282 e. The van der Waals surface area contributed by atoms with Gasteiger partial charge in [-0.15, -0.1) is 0 Å². The van der Waals surface area contributed by atoms with E-state index in [0.717, 1.165) is 47.2 Å². The third-order valence-electron chi connectivity index (χ3n) is 4.95. The van der Waals surface area contributed by atoms with Gasteiger partial charge in [-0.1, -0.05) is 6.92 Å². The van der Waals surface area contributed by atoms with E-state index in [9.17, 15) is 9.18 Å². The van der Waals surface area contributed by atoms with E-state index in [1.54, 1.807) is 0 Å². The van der Waals surface area contributed by atoms with E-state index in [2.05, 4.69) is 19.3 Å². The Morgan fingerprint density at radius 1 is 1.27 bits per heavy atom. The lowest BCUT2D eigenvalue weighted by Gasteiger charge is -2.37. The van der Waals surface area contributed by atoms with E-state index in [1.165, 1.54) is 25.0 Å². The van der Waals surface area contributed by atoms with E-state index >= 15 is 0 Å². The molecule has 0 aromatic heterocycles. The number of anilines is 1. The van der Waals surface area contributed by atoms with Crippen molar-refractivity contribution in [1.82, 2.24) is 0 Å². The predicted molar refractivity (Wildman–Crippen MR) is 88.4 cm³/mol. The van der Waals surface area contributed by atoms with Gasteiger partial charge in [-0.3, -0.25) is 4.79 Å². The first-order chi connectivity index (χ1) is 10.4. The van der Waals surface area contributed by atoms with E-state index in [1.807, 2.05) is 13.8 Å². The Morgan fingerprint density at radius 3 is 2.32 bits per heavy atom. The molecule has 1 aromatic carbocycles. The largest absolute Gasteiger partial charge is 0.320 e. The molecule has 1 amide bonds. The van der Waals surface area contributed by atoms with Crippen LogP contribution in [0.2, 0.25) is 0 Å². The number of nitrogens with one attached hydrogen (secondary N) is 1. The topological polar surface area (TPSA) is 29.1 Å². The molecule has 0 bridgehead atoms. The molecule has 1 saturated heterocycles. The zero-order valence-corrected chi connectivity index (χ0v) is 14.2. The molecule has 1 N–H and O–H groups in total. The lowest BCUT2D eigenvalue weighted by atomic mass is 10.0. The van der Waals surface area contributed by atoms with Gasteiger partial charge in [0.1, 0.15) is 5.82 Å². The quantitative estimate of drug-likeness (QED) is 0.824. The number of carbonyl (C=O) groups excluding carboxylic acids is 1. The zero-order chi connectivity index (χ0) is 16.3. The standard InChI is InChI=1S/C18H27FN2O/c1-5-8-16(21(4)9-6-7-10-21)18(22)20-17-13(2)11-15(19)12-14(17)3/h11-12,16H,5-10H2,1-4H3/p+1. The maximum absolute atomic E-state index is 13.4. The summed E-state index contributed by atoms with van der Waals surface area (Å²) < 4.78 is 14.2. The minimum Gasteiger partial charge on any atom is -0.320 e. The van der Waals surface area contributed by atoms with Crippen molar-refractivity contribution in [2.24, 2.45) is 0 Å². The first kappa shape index (κ1) is 16.9. The lowest BCUT2D eigenvalue weighted by Crippen LogP contribution is -2.55. The Morgan fingerprint density at radius 2 is 1.82 bits per heavy atom. The third-order valence-corrected chi connectivity index (χ3v) is 4.95. The molecule has 1 fully saturated rings. The van der Waals surface area contributed by atoms with E-state index in [-0.39, 0.29) is 17.8 Å². The fourth-order valence-corrected chi connectivity index (χ4v) is 3.68. The summed E-state index contributed by atoms with van der Waals surface area (Å²) in [7, 11) is 2.19. The van der Waals surface area contributed by atoms with Gasteiger partial charge in [-0.05, 0) is 43.5 Å². The number of likely N-dealkylation sites (tertiary alicyclic amines) is 1. The minimum absolute atomic E-state index is 0.0173. The number of hydrogen-bond acceptors (Lipinski definition) is 1. The molecular formula is C18H28FN2O+. The van der Waals surface area contributed by atoms with Crippen molar-refractivity contribution in [2.75, 3.05) is 25.5 Å². The van der Waals surface area contributed by atoms with E-state index < -0.39 is 0 Å². The third kappa shape index (κ3) is 3.49. The van der Waals surface area contributed by atoms with Crippen LogP contribution in [0, 0.1) is 19.7 Å². The van der Waals surface area contributed by atoms with E-state index in [0.29, 0.717) is 0 Å². The highest BCUT2D eigenvalue weighted by Gasteiger charge is 2.40. The van der Waals surface area contributed by atoms with Crippen molar-refractivity contribution >= 4 is 11.6 Å². The van der Waals surface area contributed by atoms with Crippen LogP contribution >= 0.6 is 0 Å².